The molecule has 1 aliphatic carbocycles. The number of nitrogens with one attached hydrogen (secondary N) is 2. The molecule has 6 heteroatoms. The minimum Gasteiger partial charge on any atom is -0.347 e. The van der Waals surface area contributed by atoms with Crippen molar-refractivity contribution in [3.8, 4) is 0 Å². The third kappa shape index (κ3) is 5.49. The SMILES string of the molecule is CC(C)[C@H](N)C(=O)NCC(=O)NC(c1ccccc1)C1CCC1.Cl. The maximum atomic E-state index is 12.2. The van der Waals surface area contributed by atoms with Crippen LogP contribution in [0.15, 0.2) is 30.3 Å². The first-order valence-electron chi connectivity index (χ1n) is 8.36. The Labute approximate surface area is 150 Å². The predicted molar refractivity (Wildman–Crippen MR) is 97.7 cm³/mol. The van der Waals surface area contributed by atoms with Gasteiger partial charge in [0.05, 0.1) is 18.6 Å². The summed E-state index contributed by atoms with van der Waals surface area (Å²) in [5.74, 6) is 0.0743. The van der Waals surface area contributed by atoms with Crippen molar-refractivity contribution in [1.29, 1.82) is 0 Å². The van der Waals surface area contributed by atoms with Gasteiger partial charge in [0.15, 0.2) is 0 Å². The maximum Gasteiger partial charge on any atom is 0.239 e. The fraction of sp³-hybridized carbons (Fsp3) is 0.556. The fourth-order valence-electron chi connectivity index (χ4n) is 2.72. The molecule has 0 aromatic heterocycles. The lowest BCUT2D eigenvalue weighted by atomic mass is 9.77. The molecule has 1 unspecified atom stereocenters. The summed E-state index contributed by atoms with van der Waals surface area (Å²) in [5, 5.41) is 5.68. The number of carbonyl (C=O) groups is 2. The molecule has 0 spiro atoms. The number of carbonyl (C=O) groups excluding carboxylic acids is 2. The molecule has 24 heavy (non-hydrogen) atoms. The zero-order chi connectivity index (χ0) is 16.8. The van der Waals surface area contributed by atoms with Gasteiger partial charge in [-0.1, -0.05) is 50.6 Å². The first-order chi connectivity index (χ1) is 11.0. The van der Waals surface area contributed by atoms with Gasteiger partial charge in [-0.15, -0.1) is 12.4 Å². The first-order valence-corrected chi connectivity index (χ1v) is 8.36. The van der Waals surface area contributed by atoms with E-state index in [9.17, 15) is 9.59 Å². The second kappa shape index (κ2) is 9.64. The standard InChI is InChI=1S/C18H27N3O2.ClH/c1-12(2)16(19)18(23)20-11-15(22)21-17(14-9-6-10-14)13-7-4-3-5-8-13;/h3-5,7-8,12,14,16-17H,6,9-11,19H2,1-2H3,(H,20,23)(H,21,22);1H/t16-,17?;/m0./s1. The van der Waals surface area contributed by atoms with Gasteiger partial charge in [-0.3, -0.25) is 9.59 Å². The van der Waals surface area contributed by atoms with Gasteiger partial charge in [0.25, 0.3) is 0 Å². The summed E-state index contributed by atoms with van der Waals surface area (Å²) < 4.78 is 0. The number of hydrogen-bond acceptors (Lipinski definition) is 3. The Kier molecular flexibility index (Phi) is 8.22. The molecule has 0 bridgehead atoms. The molecule has 1 aliphatic rings. The second-order valence-corrected chi connectivity index (χ2v) is 6.63. The highest BCUT2D eigenvalue weighted by Gasteiger charge is 2.29. The van der Waals surface area contributed by atoms with Crippen LogP contribution >= 0.6 is 12.4 Å². The molecule has 2 rings (SSSR count). The van der Waals surface area contributed by atoms with Crippen LogP contribution in [0.25, 0.3) is 0 Å². The van der Waals surface area contributed by atoms with Crippen molar-refractivity contribution in [1.82, 2.24) is 10.6 Å². The van der Waals surface area contributed by atoms with Gasteiger partial charge in [0, 0.05) is 0 Å². The zero-order valence-electron chi connectivity index (χ0n) is 14.3. The number of rotatable bonds is 7. The monoisotopic (exact) mass is 353 g/mol. The van der Waals surface area contributed by atoms with E-state index in [-0.39, 0.29) is 42.7 Å². The number of nitrogens with two attached hydrogens (primary N) is 1. The molecule has 134 valence electrons. The van der Waals surface area contributed by atoms with E-state index in [2.05, 4.69) is 10.6 Å². The van der Waals surface area contributed by atoms with Crippen LogP contribution in [0.4, 0.5) is 0 Å². The predicted octanol–water partition coefficient (Wildman–Crippen LogP) is 2.17. The molecule has 5 nitrogen and oxygen atoms in total. The number of hydrogen-bond donors (Lipinski definition) is 3. The Morgan fingerprint density at radius 1 is 1.21 bits per heavy atom. The molecule has 0 saturated heterocycles. The first kappa shape index (κ1) is 20.5. The Bertz CT molecular complexity index is 532. The van der Waals surface area contributed by atoms with E-state index < -0.39 is 6.04 Å². The molecule has 2 atom stereocenters. The molecule has 0 aliphatic heterocycles. The van der Waals surface area contributed by atoms with E-state index in [1.165, 1.54) is 6.42 Å². The summed E-state index contributed by atoms with van der Waals surface area (Å²) in [7, 11) is 0. The topological polar surface area (TPSA) is 84.2 Å². The zero-order valence-corrected chi connectivity index (χ0v) is 15.1. The van der Waals surface area contributed by atoms with Gasteiger partial charge in [0.2, 0.25) is 11.8 Å². The molecule has 1 saturated carbocycles. The minimum atomic E-state index is -0.584. The Morgan fingerprint density at radius 2 is 1.83 bits per heavy atom. The van der Waals surface area contributed by atoms with Crippen molar-refractivity contribution in [3.63, 3.8) is 0 Å². The average Bonchev–Trinajstić information content (AvgIpc) is 2.50. The number of amides is 2. The third-order valence-electron chi connectivity index (χ3n) is 4.54. The lowest BCUT2D eigenvalue weighted by Gasteiger charge is -2.34. The minimum absolute atomic E-state index is 0. The van der Waals surface area contributed by atoms with E-state index in [1.54, 1.807) is 0 Å². The van der Waals surface area contributed by atoms with Crippen molar-refractivity contribution in [2.75, 3.05) is 6.54 Å². The van der Waals surface area contributed by atoms with Crippen LogP contribution in [0.5, 0.6) is 0 Å². The highest BCUT2D eigenvalue weighted by molar-refractivity contribution is 5.87. The van der Waals surface area contributed by atoms with Gasteiger partial charge in [0.1, 0.15) is 0 Å². The van der Waals surface area contributed by atoms with E-state index in [1.807, 2.05) is 44.2 Å². The van der Waals surface area contributed by atoms with E-state index in [0.29, 0.717) is 5.92 Å². The third-order valence-corrected chi connectivity index (χ3v) is 4.54. The molecule has 2 amide bonds. The van der Waals surface area contributed by atoms with Gasteiger partial charge in [-0.2, -0.15) is 0 Å². The molecule has 1 aromatic rings. The van der Waals surface area contributed by atoms with E-state index >= 15 is 0 Å². The molecule has 1 fully saturated rings. The summed E-state index contributed by atoms with van der Waals surface area (Å²) >= 11 is 0. The van der Waals surface area contributed by atoms with Crippen LogP contribution in [0.3, 0.4) is 0 Å². The van der Waals surface area contributed by atoms with Crippen LogP contribution in [-0.2, 0) is 9.59 Å². The van der Waals surface area contributed by atoms with Gasteiger partial charge >= 0.3 is 0 Å². The summed E-state index contributed by atoms with van der Waals surface area (Å²) in [6, 6.07) is 9.45. The fourth-order valence-corrected chi connectivity index (χ4v) is 2.72. The molecule has 0 heterocycles. The van der Waals surface area contributed by atoms with Crippen molar-refractivity contribution in [3.05, 3.63) is 35.9 Å². The maximum absolute atomic E-state index is 12.2. The van der Waals surface area contributed by atoms with Crippen molar-refractivity contribution < 1.29 is 9.59 Å². The Balaban J connectivity index is 0.00000288. The van der Waals surface area contributed by atoms with Crippen molar-refractivity contribution in [2.24, 2.45) is 17.6 Å². The molecule has 1 aromatic carbocycles. The highest BCUT2D eigenvalue weighted by Crippen LogP contribution is 2.37. The largest absolute Gasteiger partial charge is 0.347 e. The summed E-state index contributed by atoms with van der Waals surface area (Å²) in [6.07, 6.45) is 3.47. The smallest absolute Gasteiger partial charge is 0.239 e. The van der Waals surface area contributed by atoms with Crippen LogP contribution in [0.1, 0.15) is 44.7 Å². The normalized spacial score (nSPS) is 16.5. The van der Waals surface area contributed by atoms with E-state index in [4.69, 9.17) is 5.73 Å². The van der Waals surface area contributed by atoms with Gasteiger partial charge in [-0.05, 0) is 30.2 Å². The van der Waals surface area contributed by atoms with Gasteiger partial charge < -0.3 is 16.4 Å². The van der Waals surface area contributed by atoms with Gasteiger partial charge in [-0.25, -0.2) is 0 Å². The summed E-state index contributed by atoms with van der Waals surface area (Å²) in [5.41, 5.74) is 6.89. The highest BCUT2D eigenvalue weighted by atomic mass is 35.5. The van der Waals surface area contributed by atoms with Crippen molar-refractivity contribution in [2.45, 2.75) is 45.2 Å². The average molecular weight is 354 g/mol. The molecule has 0 radical (unpaired) electrons. The Hall–Kier alpha value is -1.59. The molecular formula is C18H28ClN3O2. The Morgan fingerprint density at radius 3 is 2.33 bits per heavy atom. The van der Waals surface area contributed by atoms with Crippen LogP contribution in [0, 0.1) is 11.8 Å². The summed E-state index contributed by atoms with van der Waals surface area (Å²) in [4.78, 5) is 24.0. The summed E-state index contributed by atoms with van der Waals surface area (Å²) in [6.45, 7) is 3.73. The van der Waals surface area contributed by atoms with Crippen LogP contribution in [-0.4, -0.2) is 24.4 Å². The second-order valence-electron chi connectivity index (χ2n) is 6.63. The van der Waals surface area contributed by atoms with Crippen LogP contribution < -0.4 is 16.4 Å². The molecule has 4 N–H and O–H groups in total. The lowest BCUT2D eigenvalue weighted by molar-refractivity contribution is -0.128. The van der Waals surface area contributed by atoms with E-state index in [0.717, 1.165) is 18.4 Å². The number of benzene rings is 1. The van der Waals surface area contributed by atoms with Crippen LogP contribution in [0.2, 0.25) is 0 Å². The number of halogens is 1. The molecular weight excluding hydrogens is 326 g/mol. The van der Waals surface area contributed by atoms with Crippen molar-refractivity contribution >= 4 is 24.2 Å². The lowest BCUT2D eigenvalue weighted by Crippen LogP contribution is -2.48. The quantitative estimate of drug-likeness (QED) is 0.702.